The normalized spacial score (nSPS) is 15.2. The van der Waals surface area contributed by atoms with Gasteiger partial charge in [0.1, 0.15) is 0 Å². The number of nitro benzene ring substituents is 1. The Bertz CT molecular complexity index is 809. The van der Waals surface area contributed by atoms with Crippen molar-refractivity contribution in [3.63, 3.8) is 0 Å². The molecule has 0 spiro atoms. The van der Waals surface area contributed by atoms with E-state index in [4.69, 9.17) is 0 Å². The fraction of sp³-hybridized carbons (Fsp3) is 0.444. The fourth-order valence-electron chi connectivity index (χ4n) is 3.24. The average Bonchev–Trinajstić information content (AvgIpc) is 3.01. The van der Waals surface area contributed by atoms with E-state index >= 15 is 0 Å². The van der Waals surface area contributed by atoms with Gasteiger partial charge in [-0.25, -0.2) is 0 Å². The van der Waals surface area contributed by atoms with Gasteiger partial charge in [-0.2, -0.15) is 5.10 Å². The zero-order valence-corrected chi connectivity index (χ0v) is 15.1. The molecular weight excluding hydrogens is 334 g/mol. The number of hydrogen-bond acceptors (Lipinski definition) is 5. The van der Waals surface area contributed by atoms with Crippen LogP contribution in [0.3, 0.4) is 0 Å². The highest BCUT2D eigenvalue weighted by Crippen LogP contribution is 2.17. The standard InChI is InChI=1S/C18H23N5O3/c1-3-22-14(2)16(12-19-22)13-20-7-9-21(10-8-20)18(24)15-5-4-6-17(11-15)23(25)26/h4-6,11-12H,3,7-10,13H2,1-2H3. The SMILES string of the molecule is CCn1ncc(CN2CCN(C(=O)c3cccc([N+](=O)[O-])c3)CC2)c1C. The number of piperazine rings is 1. The molecule has 0 N–H and O–H groups in total. The van der Waals surface area contributed by atoms with Crippen molar-refractivity contribution >= 4 is 11.6 Å². The molecule has 2 aromatic rings. The summed E-state index contributed by atoms with van der Waals surface area (Å²) in [6.07, 6.45) is 1.92. The van der Waals surface area contributed by atoms with Gasteiger partial charge in [-0.05, 0) is 19.9 Å². The van der Waals surface area contributed by atoms with Crippen LogP contribution in [0.5, 0.6) is 0 Å². The number of nitrogens with zero attached hydrogens (tertiary/aromatic N) is 5. The second-order valence-corrected chi connectivity index (χ2v) is 6.45. The highest BCUT2D eigenvalue weighted by atomic mass is 16.6. The molecule has 1 aliphatic rings. The topological polar surface area (TPSA) is 84.5 Å². The van der Waals surface area contributed by atoms with Crippen molar-refractivity contribution < 1.29 is 9.72 Å². The van der Waals surface area contributed by atoms with Gasteiger partial charge in [0.25, 0.3) is 11.6 Å². The van der Waals surface area contributed by atoms with E-state index in [0.717, 1.165) is 26.2 Å². The summed E-state index contributed by atoms with van der Waals surface area (Å²) >= 11 is 0. The number of carbonyl (C=O) groups excluding carboxylic acids is 1. The number of non-ortho nitro benzene ring substituents is 1. The predicted octanol–water partition coefficient (Wildman–Crippen LogP) is 2.08. The third kappa shape index (κ3) is 3.75. The van der Waals surface area contributed by atoms with Crippen LogP contribution in [0.15, 0.2) is 30.5 Å². The first-order valence-electron chi connectivity index (χ1n) is 8.77. The smallest absolute Gasteiger partial charge is 0.270 e. The predicted molar refractivity (Wildman–Crippen MR) is 96.9 cm³/mol. The molecule has 26 heavy (non-hydrogen) atoms. The van der Waals surface area contributed by atoms with Gasteiger partial charge in [-0.15, -0.1) is 0 Å². The highest BCUT2D eigenvalue weighted by molar-refractivity contribution is 5.94. The maximum Gasteiger partial charge on any atom is 0.270 e. The zero-order valence-electron chi connectivity index (χ0n) is 15.1. The molecule has 0 atom stereocenters. The first kappa shape index (κ1) is 18.1. The number of hydrogen-bond donors (Lipinski definition) is 0. The number of aryl methyl sites for hydroxylation is 1. The van der Waals surface area contributed by atoms with Crippen LogP contribution in [-0.4, -0.2) is 56.6 Å². The number of aromatic nitrogens is 2. The summed E-state index contributed by atoms with van der Waals surface area (Å²) in [7, 11) is 0. The minimum absolute atomic E-state index is 0.0575. The molecule has 1 aromatic carbocycles. The average molecular weight is 357 g/mol. The van der Waals surface area contributed by atoms with E-state index in [-0.39, 0.29) is 11.6 Å². The maximum absolute atomic E-state index is 12.6. The largest absolute Gasteiger partial charge is 0.336 e. The Hall–Kier alpha value is -2.74. The first-order chi connectivity index (χ1) is 12.5. The van der Waals surface area contributed by atoms with E-state index in [1.165, 1.54) is 23.4 Å². The second kappa shape index (κ2) is 7.65. The molecule has 1 saturated heterocycles. The number of carbonyl (C=O) groups is 1. The van der Waals surface area contributed by atoms with Crippen molar-refractivity contribution in [1.29, 1.82) is 0 Å². The summed E-state index contributed by atoms with van der Waals surface area (Å²) in [6.45, 7) is 8.61. The van der Waals surface area contributed by atoms with Gasteiger partial charge in [0.15, 0.2) is 0 Å². The van der Waals surface area contributed by atoms with Crippen LogP contribution in [0, 0.1) is 17.0 Å². The molecule has 1 amide bonds. The quantitative estimate of drug-likeness (QED) is 0.604. The molecule has 0 aliphatic carbocycles. The molecule has 138 valence electrons. The van der Waals surface area contributed by atoms with Crippen LogP contribution in [0.1, 0.15) is 28.5 Å². The molecule has 0 saturated carbocycles. The molecular formula is C18H23N5O3. The Balaban J connectivity index is 1.59. The van der Waals surface area contributed by atoms with Crippen molar-refractivity contribution in [2.75, 3.05) is 26.2 Å². The number of rotatable bonds is 5. The third-order valence-corrected chi connectivity index (χ3v) is 4.86. The van der Waals surface area contributed by atoms with Gasteiger partial charge in [-0.1, -0.05) is 6.07 Å². The molecule has 2 heterocycles. The Morgan fingerprint density at radius 3 is 2.62 bits per heavy atom. The lowest BCUT2D eigenvalue weighted by Gasteiger charge is -2.34. The van der Waals surface area contributed by atoms with Crippen molar-refractivity contribution in [3.8, 4) is 0 Å². The van der Waals surface area contributed by atoms with Crippen LogP contribution in [0.2, 0.25) is 0 Å². The summed E-state index contributed by atoms with van der Waals surface area (Å²) in [5, 5.41) is 15.3. The van der Waals surface area contributed by atoms with Gasteiger partial charge in [0.05, 0.1) is 11.1 Å². The van der Waals surface area contributed by atoms with Gasteiger partial charge < -0.3 is 4.90 Å². The molecule has 0 bridgehead atoms. The number of benzene rings is 1. The summed E-state index contributed by atoms with van der Waals surface area (Å²) in [5.74, 6) is -0.150. The molecule has 8 nitrogen and oxygen atoms in total. The lowest BCUT2D eigenvalue weighted by Crippen LogP contribution is -2.48. The van der Waals surface area contributed by atoms with Crippen molar-refractivity contribution in [3.05, 3.63) is 57.4 Å². The lowest BCUT2D eigenvalue weighted by molar-refractivity contribution is -0.384. The van der Waals surface area contributed by atoms with Crippen molar-refractivity contribution in [2.24, 2.45) is 0 Å². The van der Waals surface area contributed by atoms with Crippen molar-refractivity contribution in [1.82, 2.24) is 19.6 Å². The number of nitro groups is 1. The van der Waals surface area contributed by atoms with Crippen LogP contribution < -0.4 is 0 Å². The van der Waals surface area contributed by atoms with E-state index in [0.29, 0.717) is 18.7 Å². The van der Waals surface area contributed by atoms with E-state index < -0.39 is 4.92 Å². The Kier molecular flexibility index (Phi) is 5.32. The summed E-state index contributed by atoms with van der Waals surface area (Å²) in [5.41, 5.74) is 2.71. The fourth-order valence-corrected chi connectivity index (χ4v) is 3.24. The summed E-state index contributed by atoms with van der Waals surface area (Å²) in [4.78, 5) is 27.1. The summed E-state index contributed by atoms with van der Waals surface area (Å²) in [6, 6.07) is 5.92. The van der Waals surface area contributed by atoms with E-state index in [1.807, 2.05) is 10.9 Å². The molecule has 1 aliphatic heterocycles. The molecule has 8 heteroatoms. The Labute approximate surface area is 152 Å². The lowest BCUT2D eigenvalue weighted by atomic mass is 10.1. The summed E-state index contributed by atoms with van der Waals surface area (Å²) < 4.78 is 1.98. The Morgan fingerprint density at radius 1 is 1.27 bits per heavy atom. The molecule has 3 rings (SSSR count). The van der Waals surface area contributed by atoms with E-state index in [9.17, 15) is 14.9 Å². The second-order valence-electron chi connectivity index (χ2n) is 6.45. The highest BCUT2D eigenvalue weighted by Gasteiger charge is 2.24. The van der Waals surface area contributed by atoms with E-state index in [1.54, 1.807) is 17.0 Å². The van der Waals surface area contributed by atoms with Crippen molar-refractivity contribution in [2.45, 2.75) is 26.9 Å². The minimum Gasteiger partial charge on any atom is -0.336 e. The van der Waals surface area contributed by atoms with Crippen LogP contribution in [-0.2, 0) is 13.1 Å². The number of amides is 1. The molecule has 0 unspecified atom stereocenters. The van der Waals surface area contributed by atoms with Gasteiger partial charge in [0, 0.05) is 68.2 Å². The van der Waals surface area contributed by atoms with E-state index in [2.05, 4.69) is 23.8 Å². The minimum atomic E-state index is -0.479. The third-order valence-electron chi connectivity index (χ3n) is 4.86. The van der Waals surface area contributed by atoms with Gasteiger partial charge in [0.2, 0.25) is 0 Å². The van der Waals surface area contributed by atoms with Crippen LogP contribution >= 0.6 is 0 Å². The van der Waals surface area contributed by atoms with Gasteiger partial charge >= 0.3 is 0 Å². The Morgan fingerprint density at radius 2 is 2.00 bits per heavy atom. The van der Waals surface area contributed by atoms with Crippen LogP contribution in [0.4, 0.5) is 5.69 Å². The van der Waals surface area contributed by atoms with Gasteiger partial charge in [-0.3, -0.25) is 24.5 Å². The molecule has 1 aromatic heterocycles. The maximum atomic E-state index is 12.6. The molecule has 1 fully saturated rings. The monoisotopic (exact) mass is 357 g/mol. The molecule has 0 radical (unpaired) electrons. The zero-order chi connectivity index (χ0) is 18.7. The van der Waals surface area contributed by atoms with Crippen LogP contribution in [0.25, 0.3) is 0 Å². The first-order valence-corrected chi connectivity index (χ1v) is 8.77.